The summed E-state index contributed by atoms with van der Waals surface area (Å²) >= 11 is 0. The van der Waals surface area contributed by atoms with Crippen molar-refractivity contribution in [1.29, 1.82) is 0 Å². The molecule has 0 aromatic heterocycles. The van der Waals surface area contributed by atoms with E-state index >= 15 is 0 Å². The third-order valence-corrected chi connectivity index (χ3v) is 5.26. The summed E-state index contributed by atoms with van der Waals surface area (Å²) in [5.41, 5.74) is 3.62. The number of nitrogens with zero attached hydrogens (tertiary/aromatic N) is 1. The molecule has 1 aromatic carbocycles. The lowest BCUT2D eigenvalue weighted by Gasteiger charge is -2.60. The van der Waals surface area contributed by atoms with Gasteiger partial charge < -0.3 is 4.74 Å². The minimum absolute atomic E-state index is 0.374. The normalized spacial score (nSPS) is 35.4. The molecule has 96 valence electrons. The van der Waals surface area contributed by atoms with E-state index in [0.717, 1.165) is 32.2 Å². The molecule has 3 aliphatic rings. The van der Waals surface area contributed by atoms with Gasteiger partial charge in [-0.05, 0) is 24.0 Å². The number of morpholine rings is 1. The molecular formula is C16H21NO. The number of hydrogen-bond donors (Lipinski definition) is 0. The predicted octanol–water partition coefficient (Wildman–Crippen LogP) is 2.89. The van der Waals surface area contributed by atoms with Crippen LogP contribution in [0.5, 0.6) is 0 Å². The van der Waals surface area contributed by atoms with Crippen molar-refractivity contribution in [2.45, 2.75) is 37.1 Å². The topological polar surface area (TPSA) is 12.5 Å². The van der Waals surface area contributed by atoms with Crippen LogP contribution in [0.15, 0.2) is 24.3 Å². The van der Waals surface area contributed by atoms with Gasteiger partial charge in [-0.3, -0.25) is 4.90 Å². The first kappa shape index (κ1) is 11.0. The predicted molar refractivity (Wildman–Crippen MR) is 71.7 cm³/mol. The smallest absolute Gasteiger partial charge is 0.0594 e. The first-order chi connectivity index (χ1) is 8.93. The van der Waals surface area contributed by atoms with E-state index in [4.69, 9.17) is 4.74 Å². The summed E-state index contributed by atoms with van der Waals surface area (Å²) in [4.78, 5) is 2.72. The molecule has 1 saturated carbocycles. The highest BCUT2D eigenvalue weighted by atomic mass is 16.5. The van der Waals surface area contributed by atoms with Gasteiger partial charge in [0.05, 0.1) is 18.8 Å². The molecule has 2 fully saturated rings. The van der Waals surface area contributed by atoms with E-state index in [-0.39, 0.29) is 0 Å². The van der Waals surface area contributed by atoms with Gasteiger partial charge in [0.25, 0.3) is 0 Å². The van der Waals surface area contributed by atoms with Crippen molar-refractivity contribution in [1.82, 2.24) is 4.90 Å². The van der Waals surface area contributed by atoms with Crippen molar-refractivity contribution < 1.29 is 4.74 Å². The van der Waals surface area contributed by atoms with Gasteiger partial charge in [-0.2, -0.15) is 0 Å². The summed E-state index contributed by atoms with van der Waals surface area (Å²) in [5, 5.41) is 0. The van der Waals surface area contributed by atoms with Crippen LogP contribution >= 0.6 is 0 Å². The average Bonchev–Trinajstić information content (AvgIpc) is 2.45. The number of benzene rings is 1. The highest BCUT2D eigenvalue weighted by Gasteiger charge is 2.55. The van der Waals surface area contributed by atoms with Gasteiger partial charge in [-0.25, -0.2) is 0 Å². The van der Waals surface area contributed by atoms with Crippen molar-refractivity contribution in [2.24, 2.45) is 0 Å². The Morgan fingerprint density at radius 3 is 2.83 bits per heavy atom. The van der Waals surface area contributed by atoms with Gasteiger partial charge >= 0.3 is 0 Å². The van der Waals surface area contributed by atoms with Crippen molar-refractivity contribution >= 4 is 0 Å². The monoisotopic (exact) mass is 243 g/mol. The molecule has 0 radical (unpaired) electrons. The Bertz CT molecular complexity index is 452. The second-order valence-corrected chi connectivity index (χ2v) is 5.91. The van der Waals surface area contributed by atoms with E-state index in [1.54, 1.807) is 11.1 Å². The molecule has 0 bridgehead atoms. The van der Waals surface area contributed by atoms with E-state index in [2.05, 4.69) is 29.2 Å². The largest absolute Gasteiger partial charge is 0.379 e. The van der Waals surface area contributed by atoms with Crippen LogP contribution in [0.3, 0.4) is 0 Å². The lowest BCUT2D eigenvalue weighted by molar-refractivity contribution is -0.0650. The summed E-state index contributed by atoms with van der Waals surface area (Å²) in [6, 6.07) is 9.14. The van der Waals surface area contributed by atoms with E-state index in [1.807, 2.05) is 0 Å². The maximum atomic E-state index is 5.54. The van der Waals surface area contributed by atoms with Gasteiger partial charge in [0.2, 0.25) is 0 Å². The molecule has 0 amide bonds. The van der Waals surface area contributed by atoms with E-state index in [9.17, 15) is 0 Å². The fraction of sp³-hybridized carbons (Fsp3) is 0.625. The van der Waals surface area contributed by atoms with Crippen LogP contribution in [-0.2, 0) is 10.3 Å². The highest BCUT2D eigenvalue weighted by Crippen LogP contribution is 2.60. The number of fused-ring (bicyclic) bond motifs is 4. The minimum Gasteiger partial charge on any atom is -0.379 e. The number of hydrogen-bond acceptors (Lipinski definition) is 2. The number of ether oxygens (including phenoxy) is 1. The van der Waals surface area contributed by atoms with Crippen molar-refractivity contribution in [3.05, 3.63) is 35.4 Å². The second-order valence-electron chi connectivity index (χ2n) is 5.91. The van der Waals surface area contributed by atoms with Crippen molar-refractivity contribution in [3.63, 3.8) is 0 Å². The Hall–Kier alpha value is -0.860. The van der Waals surface area contributed by atoms with E-state index < -0.39 is 0 Å². The van der Waals surface area contributed by atoms with Gasteiger partial charge in [0.15, 0.2) is 0 Å². The Labute approximate surface area is 109 Å². The molecule has 1 aromatic rings. The Kier molecular flexibility index (Phi) is 2.49. The van der Waals surface area contributed by atoms with Crippen LogP contribution in [-0.4, -0.2) is 31.2 Å². The standard InChI is InChI=1S/C16H21NO/c1-2-6-14-13(5-1)15-7-3-4-8-16(14,15)17-9-11-18-12-10-17/h1-2,5-6,15H,3-4,7-12H2/t15-,16-/m1/s1. The molecule has 2 aliphatic carbocycles. The molecule has 0 unspecified atom stereocenters. The highest BCUT2D eigenvalue weighted by molar-refractivity contribution is 5.50. The molecule has 1 saturated heterocycles. The average molecular weight is 243 g/mol. The van der Waals surface area contributed by atoms with E-state index in [1.165, 1.54) is 25.7 Å². The number of rotatable bonds is 1. The lowest BCUT2D eigenvalue weighted by Crippen LogP contribution is -2.60. The van der Waals surface area contributed by atoms with Gasteiger partial charge in [0.1, 0.15) is 0 Å². The fourth-order valence-corrected chi connectivity index (χ4v) is 4.52. The minimum atomic E-state index is 0.374. The second kappa shape index (κ2) is 4.07. The Balaban J connectivity index is 1.76. The lowest BCUT2D eigenvalue weighted by atomic mass is 9.55. The molecule has 2 heteroatoms. The van der Waals surface area contributed by atoms with Crippen molar-refractivity contribution in [2.75, 3.05) is 26.3 Å². The molecule has 4 rings (SSSR count). The van der Waals surface area contributed by atoms with E-state index in [0.29, 0.717) is 5.54 Å². The maximum Gasteiger partial charge on any atom is 0.0594 e. The molecule has 2 atom stereocenters. The summed E-state index contributed by atoms with van der Waals surface area (Å²) in [5.74, 6) is 0.792. The summed E-state index contributed by atoms with van der Waals surface area (Å²) in [7, 11) is 0. The first-order valence-corrected chi connectivity index (χ1v) is 7.35. The van der Waals surface area contributed by atoms with Gasteiger partial charge in [-0.15, -0.1) is 0 Å². The van der Waals surface area contributed by atoms with Gasteiger partial charge in [0, 0.05) is 19.0 Å². The van der Waals surface area contributed by atoms with Crippen LogP contribution < -0.4 is 0 Å². The zero-order chi connectivity index (χ0) is 12.0. The summed E-state index contributed by atoms with van der Waals surface area (Å²) < 4.78 is 5.54. The molecule has 1 heterocycles. The molecule has 1 aliphatic heterocycles. The van der Waals surface area contributed by atoms with Crippen LogP contribution in [0.4, 0.5) is 0 Å². The Morgan fingerprint density at radius 2 is 1.94 bits per heavy atom. The quantitative estimate of drug-likeness (QED) is 0.752. The summed E-state index contributed by atoms with van der Waals surface area (Å²) in [6.07, 6.45) is 5.54. The SMILES string of the molecule is c1ccc2c(c1)[C@H]1CCCC[C@@]21N1CCOCC1. The molecule has 0 spiro atoms. The molecule has 0 N–H and O–H groups in total. The first-order valence-electron chi connectivity index (χ1n) is 7.35. The third-order valence-electron chi connectivity index (χ3n) is 5.26. The Morgan fingerprint density at radius 1 is 1.11 bits per heavy atom. The van der Waals surface area contributed by atoms with Crippen LogP contribution in [0.2, 0.25) is 0 Å². The van der Waals surface area contributed by atoms with Crippen LogP contribution in [0.25, 0.3) is 0 Å². The molecule has 2 nitrogen and oxygen atoms in total. The van der Waals surface area contributed by atoms with Crippen molar-refractivity contribution in [3.8, 4) is 0 Å². The molecular weight excluding hydrogens is 222 g/mol. The molecule has 18 heavy (non-hydrogen) atoms. The van der Waals surface area contributed by atoms with Gasteiger partial charge in [-0.1, -0.05) is 37.1 Å². The van der Waals surface area contributed by atoms with Crippen LogP contribution in [0, 0.1) is 0 Å². The third kappa shape index (κ3) is 1.31. The zero-order valence-corrected chi connectivity index (χ0v) is 10.9. The summed E-state index contributed by atoms with van der Waals surface area (Å²) in [6.45, 7) is 4.06. The maximum absolute atomic E-state index is 5.54. The fourth-order valence-electron chi connectivity index (χ4n) is 4.52. The zero-order valence-electron chi connectivity index (χ0n) is 10.9. The van der Waals surface area contributed by atoms with Crippen LogP contribution in [0.1, 0.15) is 42.7 Å².